The molecule has 0 aliphatic carbocycles. The number of benzene rings is 3. The molecule has 0 spiro atoms. The molecule has 0 fully saturated rings. The SMILES string of the molecule is CCN(c1cccc(-c2cc(C)c(C(=O)N[C@@H](C)C(=O)O)c(C)c2)c1)c1ccc(Cl)c(Cl)c1. The molecule has 33 heavy (non-hydrogen) atoms. The van der Waals surface area contributed by atoms with Gasteiger partial charge in [0, 0.05) is 23.5 Å². The summed E-state index contributed by atoms with van der Waals surface area (Å²) in [6.45, 7) is 7.96. The third-order valence-corrected chi connectivity index (χ3v) is 6.24. The Hall–Kier alpha value is -3.02. The van der Waals surface area contributed by atoms with Crippen molar-refractivity contribution in [3.8, 4) is 11.1 Å². The molecule has 0 radical (unpaired) electrons. The van der Waals surface area contributed by atoms with Gasteiger partial charge in [0.2, 0.25) is 0 Å². The van der Waals surface area contributed by atoms with Crippen LogP contribution >= 0.6 is 23.2 Å². The number of amides is 1. The maximum atomic E-state index is 12.6. The van der Waals surface area contributed by atoms with E-state index in [2.05, 4.69) is 23.2 Å². The van der Waals surface area contributed by atoms with E-state index in [0.29, 0.717) is 15.6 Å². The summed E-state index contributed by atoms with van der Waals surface area (Å²) in [5.41, 5.74) is 5.97. The van der Waals surface area contributed by atoms with Crippen molar-refractivity contribution in [2.75, 3.05) is 11.4 Å². The van der Waals surface area contributed by atoms with Gasteiger partial charge >= 0.3 is 5.97 Å². The summed E-state index contributed by atoms with van der Waals surface area (Å²) >= 11 is 12.3. The summed E-state index contributed by atoms with van der Waals surface area (Å²) in [5.74, 6) is -1.47. The first-order valence-corrected chi connectivity index (χ1v) is 11.4. The van der Waals surface area contributed by atoms with E-state index in [1.807, 2.05) is 56.3 Å². The van der Waals surface area contributed by atoms with Crippen LogP contribution in [0.25, 0.3) is 11.1 Å². The van der Waals surface area contributed by atoms with E-state index in [4.69, 9.17) is 28.3 Å². The molecule has 3 aromatic carbocycles. The standard InChI is InChI=1S/C26H26Cl2N2O3/c1-5-30(21-9-10-22(27)23(28)14-21)20-8-6-7-18(13-20)19-11-15(2)24(16(3)12-19)25(31)29-17(4)26(32)33/h6-14,17H,5H2,1-4H3,(H,29,31)(H,32,33)/t17-/m0/s1. The van der Waals surface area contributed by atoms with Gasteiger partial charge in [0.05, 0.1) is 10.0 Å². The second-order valence-corrected chi connectivity index (χ2v) is 8.73. The van der Waals surface area contributed by atoms with E-state index in [1.54, 1.807) is 6.07 Å². The molecule has 0 aliphatic rings. The fourth-order valence-corrected chi connectivity index (χ4v) is 4.13. The summed E-state index contributed by atoms with van der Waals surface area (Å²) < 4.78 is 0. The minimum atomic E-state index is -1.07. The fraction of sp³-hybridized carbons (Fsp3) is 0.231. The molecule has 0 saturated carbocycles. The Bertz CT molecular complexity index is 1190. The predicted molar refractivity (Wildman–Crippen MR) is 135 cm³/mol. The Morgan fingerprint density at radius 1 is 0.939 bits per heavy atom. The number of aryl methyl sites for hydroxylation is 2. The highest BCUT2D eigenvalue weighted by molar-refractivity contribution is 6.42. The number of rotatable bonds is 7. The zero-order chi connectivity index (χ0) is 24.3. The van der Waals surface area contributed by atoms with Gasteiger partial charge in [-0.2, -0.15) is 0 Å². The lowest BCUT2D eigenvalue weighted by Gasteiger charge is -2.24. The predicted octanol–water partition coefficient (Wildman–Crippen LogP) is 6.64. The van der Waals surface area contributed by atoms with E-state index in [9.17, 15) is 9.59 Å². The monoisotopic (exact) mass is 484 g/mol. The van der Waals surface area contributed by atoms with Gasteiger partial charge in [0.25, 0.3) is 5.91 Å². The minimum absolute atomic E-state index is 0.392. The molecular formula is C26H26Cl2N2O3. The van der Waals surface area contributed by atoms with Crippen molar-refractivity contribution in [1.82, 2.24) is 5.32 Å². The van der Waals surface area contributed by atoms with Crippen LogP contribution in [0.2, 0.25) is 10.0 Å². The molecule has 0 saturated heterocycles. The first-order chi connectivity index (χ1) is 15.6. The average Bonchev–Trinajstić information content (AvgIpc) is 2.76. The van der Waals surface area contributed by atoms with Crippen molar-refractivity contribution >= 4 is 46.5 Å². The van der Waals surface area contributed by atoms with Crippen molar-refractivity contribution in [2.45, 2.75) is 33.7 Å². The second-order valence-electron chi connectivity index (χ2n) is 7.91. The molecule has 0 unspecified atom stereocenters. The molecular weight excluding hydrogens is 459 g/mol. The lowest BCUT2D eigenvalue weighted by atomic mass is 9.94. The Balaban J connectivity index is 1.96. The highest BCUT2D eigenvalue weighted by Crippen LogP contribution is 2.34. The number of anilines is 2. The summed E-state index contributed by atoms with van der Waals surface area (Å²) in [5, 5.41) is 12.6. The van der Waals surface area contributed by atoms with Gasteiger partial charge in [0.1, 0.15) is 6.04 Å². The molecule has 7 heteroatoms. The Labute approximate surface area is 203 Å². The summed E-state index contributed by atoms with van der Waals surface area (Å²) in [4.78, 5) is 25.9. The Kier molecular flexibility index (Phi) is 7.67. The highest BCUT2D eigenvalue weighted by Gasteiger charge is 2.19. The maximum Gasteiger partial charge on any atom is 0.325 e. The highest BCUT2D eigenvalue weighted by atomic mass is 35.5. The number of carbonyl (C=O) groups is 2. The van der Waals surface area contributed by atoms with Crippen molar-refractivity contribution in [1.29, 1.82) is 0 Å². The largest absolute Gasteiger partial charge is 0.480 e. The van der Waals surface area contributed by atoms with Gasteiger partial charge in [-0.25, -0.2) is 0 Å². The molecule has 3 rings (SSSR count). The van der Waals surface area contributed by atoms with Crippen molar-refractivity contribution in [2.24, 2.45) is 0 Å². The van der Waals surface area contributed by atoms with Crippen molar-refractivity contribution < 1.29 is 14.7 Å². The summed E-state index contributed by atoms with van der Waals surface area (Å²) in [6, 6.07) is 16.6. The molecule has 1 atom stereocenters. The van der Waals surface area contributed by atoms with Crippen LogP contribution < -0.4 is 10.2 Å². The minimum Gasteiger partial charge on any atom is -0.480 e. The van der Waals surface area contributed by atoms with Crippen LogP contribution in [0.4, 0.5) is 11.4 Å². The molecule has 172 valence electrons. The maximum absolute atomic E-state index is 12.6. The molecule has 0 heterocycles. The Morgan fingerprint density at radius 2 is 1.58 bits per heavy atom. The quantitative estimate of drug-likeness (QED) is 0.394. The average molecular weight is 485 g/mol. The van der Waals surface area contributed by atoms with E-state index >= 15 is 0 Å². The number of halogens is 2. The third-order valence-electron chi connectivity index (χ3n) is 5.50. The second kappa shape index (κ2) is 10.3. The number of hydrogen-bond acceptors (Lipinski definition) is 3. The van der Waals surface area contributed by atoms with Gasteiger partial charge in [-0.05, 0) is 80.3 Å². The fourth-order valence-electron chi connectivity index (χ4n) is 3.84. The third kappa shape index (κ3) is 5.49. The van der Waals surface area contributed by atoms with Crippen LogP contribution in [-0.2, 0) is 4.79 Å². The van der Waals surface area contributed by atoms with Crippen LogP contribution in [0.3, 0.4) is 0 Å². The number of aliphatic carboxylic acids is 1. The number of nitrogens with zero attached hydrogens (tertiary/aromatic N) is 1. The van der Waals surface area contributed by atoms with Crippen LogP contribution in [0, 0.1) is 13.8 Å². The lowest BCUT2D eigenvalue weighted by Crippen LogP contribution is -2.38. The van der Waals surface area contributed by atoms with Crippen LogP contribution in [0.5, 0.6) is 0 Å². The summed E-state index contributed by atoms with van der Waals surface area (Å²) in [6.07, 6.45) is 0. The molecule has 2 N–H and O–H groups in total. The van der Waals surface area contributed by atoms with Gasteiger partial charge < -0.3 is 15.3 Å². The first-order valence-electron chi connectivity index (χ1n) is 10.6. The number of hydrogen-bond donors (Lipinski definition) is 2. The normalized spacial score (nSPS) is 11.7. The zero-order valence-corrected chi connectivity index (χ0v) is 20.5. The molecule has 1 amide bonds. The van der Waals surface area contributed by atoms with Gasteiger partial charge in [-0.3, -0.25) is 9.59 Å². The number of carbonyl (C=O) groups excluding carboxylic acids is 1. The Morgan fingerprint density at radius 3 is 2.15 bits per heavy atom. The molecule has 0 aromatic heterocycles. The van der Waals surface area contributed by atoms with Crippen LogP contribution in [-0.4, -0.2) is 29.6 Å². The lowest BCUT2D eigenvalue weighted by molar-refractivity contribution is -0.138. The number of nitrogens with one attached hydrogen (secondary N) is 1. The smallest absolute Gasteiger partial charge is 0.325 e. The van der Waals surface area contributed by atoms with Gasteiger partial charge in [0.15, 0.2) is 0 Å². The number of carboxylic acids is 1. The van der Waals surface area contributed by atoms with Crippen LogP contribution in [0.1, 0.15) is 35.3 Å². The van der Waals surface area contributed by atoms with E-state index in [-0.39, 0.29) is 0 Å². The topological polar surface area (TPSA) is 69.6 Å². The molecule has 5 nitrogen and oxygen atoms in total. The summed E-state index contributed by atoms with van der Waals surface area (Å²) in [7, 11) is 0. The number of carboxylic acid groups (broad SMARTS) is 1. The molecule has 0 aliphatic heterocycles. The van der Waals surface area contributed by atoms with Crippen molar-refractivity contribution in [3.05, 3.63) is 81.3 Å². The van der Waals surface area contributed by atoms with E-state index < -0.39 is 17.9 Å². The van der Waals surface area contributed by atoms with Crippen LogP contribution in [0.15, 0.2) is 54.6 Å². The van der Waals surface area contributed by atoms with Gasteiger partial charge in [-0.15, -0.1) is 0 Å². The zero-order valence-electron chi connectivity index (χ0n) is 18.9. The molecule has 3 aromatic rings. The van der Waals surface area contributed by atoms with Gasteiger partial charge in [-0.1, -0.05) is 47.5 Å². The van der Waals surface area contributed by atoms with E-state index in [0.717, 1.165) is 40.2 Å². The molecule has 0 bridgehead atoms. The first kappa shape index (κ1) is 24.6. The van der Waals surface area contributed by atoms with E-state index in [1.165, 1.54) is 6.92 Å². The van der Waals surface area contributed by atoms with Crippen molar-refractivity contribution in [3.63, 3.8) is 0 Å².